The van der Waals surface area contributed by atoms with E-state index in [9.17, 15) is 14.4 Å². The number of hydrogen-bond donors (Lipinski definition) is 1. The third-order valence-corrected chi connectivity index (χ3v) is 5.70. The summed E-state index contributed by atoms with van der Waals surface area (Å²) >= 11 is 0. The Balaban J connectivity index is 1.62. The number of amides is 3. The molecule has 0 spiro atoms. The number of nitrogens with zero attached hydrogens (tertiary/aromatic N) is 2. The molecule has 0 bridgehead atoms. The van der Waals surface area contributed by atoms with Crippen LogP contribution in [0, 0.1) is 5.92 Å². The van der Waals surface area contributed by atoms with Gasteiger partial charge in [0, 0.05) is 39.0 Å². The number of rotatable bonds is 4. The quantitative estimate of drug-likeness (QED) is 0.795. The number of nitrogens with one attached hydrogen (secondary N) is 1. The van der Waals surface area contributed by atoms with E-state index in [0.717, 1.165) is 31.5 Å². The molecule has 0 aliphatic carbocycles. The van der Waals surface area contributed by atoms with E-state index in [1.54, 1.807) is 11.0 Å². The molecule has 1 aromatic carbocycles. The van der Waals surface area contributed by atoms with Gasteiger partial charge in [0.25, 0.3) is 5.91 Å². The van der Waals surface area contributed by atoms with E-state index in [4.69, 9.17) is 0 Å². The molecule has 6 nitrogen and oxygen atoms in total. The maximum Gasteiger partial charge on any atom is 0.270 e. The molecule has 2 aliphatic rings. The van der Waals surface area contributed by atoms with Crippen LogP contribution < -0.4 is 5.32 Å². The summed E-state index contributed by atoms with van der Waals surface area (Å²) in [6, 6.07) is 9.47. The van der Waals surface area contributed by atoms with E-state index in [2.05, 4.69) is 5.32 Å². The van der Waals surface area contributed by atoms with Crippen molar-refractivity contribution < 1.29 is 14.4 Å². The van der Waals surface area contributed by atoms with Crippen molar-refractivity contribution in [1.29, 1.82) is 0 Å². The molecule has 2 saturated heterocycles. The molecular formula is C23H31N3O3. The van der Waals surface area contributed by atoms with Gasteiger partial charge in [0.2, 0.25) is 11.8 Å². The third-order valence-electron chi connectivity index (χ3n) is 5.70. The van der Waals surface area contributed by atoms with Gasteiger partial charge < -0.3 is 15.1 Å². The molecule has 0 atom stereocenters. The molecule has 0 saturated carbocycles. The summed E-state index contributed by atoms with van der Waals surface area (Å²) in [5.74, 6) is -0.211. The van der Waals surface area contributed by atoms with Gasteiger partial charge in [0.05, 0.1) is 0 Å². The van der Waals surface area contributed by atoms with Gasteiger partial charge >= 0.3 is 0 Å². The lowest BCUT2D eigenvalue weighted by Gasteiger charge is -2.34. The predicted octanol–water partition coefficient (Wildman–Crippen LogP) is 2.80. The molecule has 3 amide bonds. The van der Waals surface area contributed by atoms with E-state index in [-0.39, 0.29) is 29.3 Å². The maximum atomic E-state index is 13.0. The van der Waals surface area contributed by atoms with E-state index >= 15 is 0 Å². The summed E-state index contributed by atoms with van der Waals surface area (Å²) < 4.78 is 0. The van der Waals surface area contributed by atoms with Crippen molar-refractivity contribution >= 4 is 23.8 Å². The molecule has 156 valence electrons. The number of benzene rings is 1. The molecule has 3 rings (SSSR count). The first-order valence-electron chi connectivity index (χ1n) is 10.7. The van der Waals surface area contributed by atoms with Gasteiger partial charge in [0.15, 0.2) is 0 Å². The highest BCUT2D eigenvalue weighted by Crippen LogP contribution is 2.23. The highest BCUT2D eigenvalue weighted by Gasteiger charge is 2.31. The van der Waals surface area contributed by atoms with Crippen LogP contribution in [0.25, 0.3) is 6.08 Å². The average Bonchev–Trinajstić information content (AvgIpc) is 3.02. The van der Waals surface area contributed by atoms with Gasteiger partial charge in [-0.3, -0.25) is 14.4 Å². The van der Waals surface area contributed by atoms with Crippen LogP contribution in [0.15, 0.2) is 36.0 Å². The maximum absolute atomic E-state index is 13.0. The normalized spacial score (nSPS) is 18.9. The minimum absolute atomic E-state index is 0.000491. The number of carbonyl (C=O) groups is 3. The summed E-state index contributed by atoms with van der Waals surface area (Å²) in [6.45, 7) is 4.21. The van der Waals surface area contributed by atoms with Crippen LogP contribution in [-0.4, -0.2) is 53.7 Å². The fourth-order valence-corrected chi connectivity index (χ4v) is 4.11. The molecule has 2 aliphatic heterocycles. The van der Waals surface area contributed by atoms with Crippen LogP contribution >= 0.6 is 0 Å². The zero-order valence-electron chi connectivity index (χ0n) is 17.2. The Morgan fingerprint density at radius 1 is 0.897 bits per heavy atom. The highest BCUT2D eigenvalue weighted by molar-refractivity contribution is 6.01. The van der Waals surface area contributed by atoms with Crippen molar-refractivity contribution in [3.05, 3.63) is 41.6 Å². The monoisotopic (exact) mass is 397 g/mol. The summed E-state index contributed by atoms with van der Waals surface area (Å²) in [4.78, 5) is 41.2. The zero-order chi connectivity index (χ0) is 20.6. The Bertz CT molecular complexity index is 744. The largest absolute Gasteiger partial charge is 0.342 e. The molecule has 0 radical (unpaired) electrons. The predicted molar refractivity (Wildman–Crippen MR) is 113 cm³/mol. The smallest absolute Gasteiger partial charge is 0.270 e. The van der Waals surface area contributed by atoms with Gasteiger partial charge in [-0.1, -0.05) is 43.2 Å². The Morgan fingerprint density at radius 2 is 1.52 bits per heavy atom. The molecule has 1 N–H and O–H groups in total. The first kappa shape index (κ1) is 21.1. The first-order valence-corrected chi connectivity index (χ1v) is 10.7. The number of carbonyl (C=O) groups excluding carboxylic acids is 3. The van der Waals surface area contributed by atoms with Gasteiger partial charge in [-0.05, 0) is 37.3 Å². The van der Waals surface area contributed by atoms with Crippen LogP contribution in [0.3, 0.4) is 0 Å². The van der Waals surface area contributed by atoms with Crippen molar-refractivity contribution in [2.24, 2.45) is 5.92 Å². The van der Waals surface area contributed by atoms with Gasteiger partial charge in [0.1, 0.15) is 5.70 Å². The molecule has 6 heteroatoms. The van der Waals surface area contributed by atoms with E-state index in [1.165, 1.54) is 19.8 Å². The molecule has 29 heavy (non-hydrogen) atoms. The summed E-state index contributed by atoms with van der Waals surface area (Å²) in [6.07, 6.45) is 7.66. The van der Waals surface area contributed by atoms with Crippen LogP contribution in [-0.2, 0) is 14.4 Å². The summed E-state index contributed by atoms with van der Waals surface area (Å²) in [5.41, 5.74) is 1.14. The minimum atomic E-state index is -0.272. The van der Waals surface area contributed by atoms with Gasteiger partial charge in [-0.25, -0.2) is 0 Å². The van der Waals surface area contributed by atoms with Crippen LogP contribution in [0.4, 0.5) is 0 Å². The van der Waals surface area contributed by atoms with Gasteiger partial charge in [-0.2, -0.15) is 0 Å². The Labute approximate surface area is 172 Å². The number of hydrogen-bond acceptors (Lipinski definition) is 3. The van der Waals surface area contributed by atoms with Crippen molar-refractivity contribution in [3.8, 4) is 0 Å². The van der Waals surface area contributed by atoms with Crippen LogP contribution in [0.5, 0.6) is 0 Å². The van der Waals surface area contributed by atoms with Crippen LogP contribution in [0.1, 0.15) is 51.0 Å². The molecule has 1 aromatic rings. The van der Waals surface area contributed by atoms with Crippen molar-refractivity contribution in [1.82, 2.24) is 15.1 Å². The SMILES string of the molecule is CC(=O)N/C(=C\c1ccccc1)C(=O)N1CCC(C(=O)N2CCCCCC2)CC1. The second kappa shape index (κ2) is 10.2. The number of likely N-dealkylation sites (tertiary alicyclic amines) is 2. The fraction of sp³-hybridized carbons (Fsp3) is 0.522. The van der Waals surface area contributed by atoms with Crippen molar-refractivity contribution in [2.75, 3.05) is 26.2 Å². The molecule has 2 heterocycles. The standard InChI is InChI=1S/C23H31N3O3/c1-18(27)24-21(17-19-9-5-4-6-10-19)23(29)26-15-11-20(12-16-26)22(28)25-13-7-2-3-8-14-25/h4-6,9-10,17,20H,2-3,7-8,11-16H2,1H3,(H,24,27)/b21-17-. The second-order valence-electron chi connectivity index (χ2n) is 7.96. The van der Waals surface area contributed by atoms with E-state index in [1.807, 2.05) is 35.2 Å². The molecule has 0 unspecified atom stereocenters. The van der Waals surface area contributed by atoms with Crippen LogP contribution in [0.2, 0.25) is 0 Å². The molecule has 0 aromatic heterocycles. The Hall–Kier alpha value is -2.63. The Kier molecular flexibility index (Phi) is 7.44. The van der Waals surface area contributed by atoms with Crippen molar-refractivity contribution in [2.45, 2.75) is 45.4 Å². The second-order valence-corrected chi connectivity index (χ2v) is 7.96. The Morgan fingerprint density at radius 3 is 2.10 bits per heavy atom. The molecular weight excluding hydrogens is 366 g/mol. The highest BCUT2D eigenvalue weighted by atomic mass is 16.2. The third kappa shape index (κ3) is 5.92. The minimum Gasteiger partial charge on any atom is -0.342 e. The van der Waals surface area contributed by atoms with Gasteiger partial charge in [-0.15, -0.1) is 0 Å². The first-order chi connectivity index (χ1) is 14.0. The van der Waals surface area contributed by atoms with Crippen molar-refractivity contribution in [3.63, 3.8) is 0 Å². The zero-order valence-corrected chi connectivity index (χ0v) is 17.2. The lowest BCUT2D eigenvalue weighted by Crippen LogP contribution is -2.46. The lowest BCUT2D eigenvalue weighted by molar-refractivity contribution is -0.139. The fourth-order valence-electron chi connectivity index (χ4n) is 4.11. The molecule has 2 fully saturated rings. The summed E-state index contributed by atoms with van der Waals surface area (Å²) in [7, 11) is 0. The lowest BCUT2D eigenvalue weighted by atomic mass is 9.94. The summed E-state index contributed by atoms with van der Waals surface area (Å²) in [5, 5.41) is 2.67. The average molecular weight is 398 g/mol. The topological polar surface area (TPSA) is 69.7 Å². The van der Waals surface area contributed by atoms with E-state index in [0.29, 0.717) is 25.9 Å². The van der Waals surface area contributed by atoms with E-state index < -0.39 is 0 Å². The number of piperidine rings is 1.